The SMILES string of the molecule is CCCCCCOC(CCCCCCC=COCOC)OCCCCCC. The Balaban J connectivity index is 3.75. The minimum Gasteiger partial charge on any atom is -0.476 e. The highest BCUT2D eigenvalue weighted by molar-refractivity contribution is 4.72. The predicted molar refractivity (Wildman–Crippen MR) is 114 cm³/mol. The van der Waals surface area contributed by atoms with Crippen LogP contribution >= 0.6 is 0 Å². The fourth-order valence-corrected chi connectivity index (χ4v) is 2.87. The van der Waals surface area contributed by atoms with Crippen molar-refractivity contribution in [2.24, 2.45) is 0 Å². The largest absolute Gasteiger partial charge is 0.476 e. The molecule has 0 radical (unpaired) electrons. The zero-order valence-corrected chi connectivity index (χ0v) is 18.4. The monoisotopic (exact) mass is 386 g/mol. The second kappa shape index (κ2) is 23.5. The zero-order chi connectivity index (χ0) is 19.8. The van der Waals surface area contributed by atoms with Gasteiger partial charge >= 0.3 is 0 Å². The Kier molecular flexibility index (Phi) is 23.0. The maximum Gasteiger partial charge on any atom is 0.187 e. The summed E-state index contributed by atoms with van der Waals surface area (Å²) in [6, 6.07) is 0. The molecule has 0 saturated carbocycles. The molecule has 0 aliphatic heterocycles. The van der Waals surface area contributed by atoms with Gasteiger partial charge in [-0.3, -0.25) is 0 Å². The van der Waals surface area contributed by atoms with Crippen LogP contribution in [0.5, 0.6) is 0 Å². The molecule has 0 amide bonds. The van der Waals surface area contributed by atoms with Gasteiger partial charge in [0.1, 0.15) is 0 Å². The van der Waals surface area contributed by atoms with Crippen molar-refractivity contribution in [2.45, 2.75) is 110 Å². The van der Waals surface area contributed by atoms with Crippen molar-refractivity contribution in [1.82, 2.24) is 0 Å². The van der Waals surface area contributed by atoms with E-state index in [-0.39, 0.29) is 6.29 Å². The van der Waals surface area contributed by atoms with Crippen LogP contribution in [0.1, 0.15) is 104 Å². The smallest absolute Gasteiger partial charge is 0.187 e. The van der Waals surface area contributed by atoms with Gasteiger partial charge < -0.3 is 18.9 Å². The summed E-state index contributed by atoms with van der Waals surface area (Å²) in [7, 11) is 1.63. The Morgan fingerprint density at radius 2 is 1.30 bits per heavy atom. The van der Waals surface area contributed by atoms with Crippen molar-refractivity contribution < 1.29 is 18.9 Å². The minimum atomic E-state index is -0.00408. The molecule has 0 rings (SSSR count). The Bertz CT molecular complexity index is 280. The quantitative estimate of drug-likeness (QED) is 0.114. The molecule has 0 heterocycles. The fourth-order valence-electron chi connectivity index (χ4n) is 2.87. The molecule has 4 heteroatoms. The lowest BCUT2D eigenvalue weighted by atomic mass is 10.1. The second-order valence-electron chi connectivity index (χ2n) is 7.23. The third-order valence-electron chi connectivity index (χ3n) is 4.54. The molecular formula is C23H46O4. The van der Waals surface area contributed by atoms with E-state index in [0.717, 1.165) is 38.9 Å². The Morgan fingerprint density at radius 3 is 1.89 bits per heavy atom. The van der Waals surface area contributed by atoms with E-state index in [9.17, 15) is 0 Å². The zero-order valence-electron chi connectivity index (χ0n) is 18.4. The van der Waals surface area contributed by atoms with E-state index in [1.54, 1.807) is 13.4 Å². The molecule has 0 fully saturated rings. The predicted octanol–water partition coefficient (Wildman–Crippen LogP) is 6.98. The van der Waals surface area contributed by atoms with Gasteiger partial charge in [0.05, 0.1) is 6.26 Å². The van der Waals surface area contributed by atoms with Crippen molar-refractivity contribution in [3.8, 4) is 0 Å². The molecular weight excluding hydrogens is 340 g/mol. The van der Waals surface area contributed by atoms with Crippen LogP contribution in [0, 0.1) is 0 Å². The van der Waals surface area contributed by atoms with Crippen molar-refractivity contribution in [1.29, 1.82) is 0 Å². The van der Waals surface area contributed by atoms with Gasteiger partial charge in [-0.05, 0) is 44.6 Å². The molecule has 0 aliphatic rings. The van der Waals surface area contributed by atoms with Gasteiger partial charge in [-0.1, -0.05) is 65.2 Å². The average Bonchev–Trinajstić information content (AvgIpc) is 2.68. The number of rotatable bonds is 22. The molecule has 0 aromatic carbocycles. The van der Waals surface area contributed by atoms with Gasteiger partial charge in [0, 0.05) is 20.3 Å². The number of unbranched alkanes of at least 4 members (excludes halogenated alkanes) is 10. The van der Waals surface area contributed by atoms with Gasteiger partial charge in [-0.2, -0.15) is 0 Å². The molecule has 0 atom stereocenters. The molecule has 4 nitrogen and oxygen atoms in total. The third kappa shape index (κ3) is 21.6. The first-order valence-corrected chi connectivity index (χ1v) is 11.3. The van der Waals surface area contributed by atoms with Crippen LogP contribution in [0.15, 0.2) is 12.3 Å². The van der Waals surface area contributed by atoms with E-state index in [1.807, 2.05) is 0 Å². The van der Waals surface area contributed by atoms with Crippen LogP contribution in [-0.2, 0) is 18.9 Å². The number of allylic oxidation sites excluding steroid dienone is 1. The summed E-state index contributed by atoms with van der Waals surface area (Å²) in [5.74, 6) is 0. The molecule has 27 heavy (non-hydrogen) atoms. The first kappa shape index (κ1) is 26.4. The van der Waals surface area contributed by atoms with Gasteiger partial charge in [0.15, 0.2) is 13.1 Å². The summed E-state index contributed by atoms with van der Waals surface area (Å²) in [5.41, 5.74) is 0. The van der Waals surface area contributed by atoms with Gasteiger partial charge in [-0.25, -0.2) is 0 Å². The number of hydrogen-bond acceptors (Lipinski definition) is 4. The van der Waals surface area contributed by atoms with Gasteiger partial charge in [-0.15, -0.1) is 0 Å². The summed E-state index contributed by atoms with van der Waals surface area (Å²) in [5, 5.41) is 0. The molecule has 0 spiro atoms. The third-order valence-corrected chi connectivity index (χ3v) is 4.54. The lowest BCUT2D eigenvalue weighted by molar-refractivity contribution is -0.148. The maximum absolute atomic E-state index is 6.02. The molecule has 0 bridgehead atoms. The standard InChI is InChI=1S/C23H46O4/c1-4-6-8-16-20-26-23(27-21-17-9-7-5-2)18-14-12-10-11-13-15-19-25-22-24-3/h15,19,23H,4-14,16-18,20-22H2,1-3H3. The molecule has 0 N–H and O–H groups in total. The van der Waals surface area contributed by atoms with Crippen LogP contribution in [0.4, 0.5) is 0 Å². The molecule has 0 aliphatic carbocycles. The summed E-state index contributed by atoms with van der Waals surface area (Å²) in [6.07, 6.45) is 20.7. The van der Waals surface area contributed by atoms with E-state index in [1.165, 1.54) is 64.2 Å². The van der Waals surface area contributed by atoms with Gasteiger partial charge in [0.25, 0.3) is 0 Å². The Labute approximate surface area is 169 Å². The van der Waals surface area contributed by atoms with E-state index in [4.69, 9.17) is 18.9 Å². The maximum atomic E-state index is 6.02. The molecule has 0 unspecified atom stereocenters. The molecule has 0 saturated heterocycles. The first-order valence-electron chi connectivity index (χ1n) is 11.3. The lowest BCUT2D eigenvalue weighted by Crippen LogP contribution is -2.19. The topological polar surface area (TPSA) is 36.9 Å². The molecule has 162 valence electrons. The highest BCUT2D eigenvalue weighted by Crippen LogP contribution is 2.13. The molecule has 0 aromatic heterocycles. The van der Waals surface area contributed by atoms with Crippen LogP contribution in [0.2, 0.25) is 0 Å². The van der Waals surface area contributed by atoms with E-state index in [2.05, 4.69) is 19.9 Å². The fraction of sp³-hybridized carbons (Fsp3) is 0.913. The number of ether oxygens (including phenoxy) is 4. The number of methoxy groups -OCH3 is 1. The van der Waals surface area contributed by atoms with Gasteiger partial charge in [0.2, 0.25) is 0 Å². The van der Waals surface area contributed by atoms with Crippen LogP contribution < -0.4 is 0 Å². The summed E-state index contributed by atoms with van der Waals surface area (Å²) in [4.78, 5) is 0. The highest BCUT2D eigenvalue weighted by Gasteiger charge is 2.09. The van der Waals surface area contributed by atoms with Crippen LogP contribution in [-0.4, -0.2) is 33.4 Å². The lowest BCUT2D eigenvalue weighted by Gasteiger charge is -2.19. The van der Waals surface area contributed by atoms with Crippen LogP contribution in [0.3, 0.4) is 0 Å². The van der Waals surface area contributed by atoms with Crippen molar-refractivity contribution in [3.05, 3.63) is 12.3 Å². The minimum absolute atomic E-state index is 0.00408. The summed E-state index contributed by atoms with van der Waals surface area (Å²) in [6.45, 7) is 6.49. The van der Waals surface area contributed by atoms with E-state index >= 15 is 0 Å². The summed E-state index contributed by atoms with van der Waals surface area (Å²) >= 11 is 0. The Hall–Kier alpha value is -0.580. The number of hydrogen-bond donors (Lipinski definition) is 0. The molecule has 0 aromatic rings. The van der Waals surface area contributed by atoms with Crippen molar-refractivity contribution in [3.63, 3.8) is 0 Å². The van der Waals surface area contributed by atoms with Crippen molar-refractivity contribution >= 4 is 0 Å². The average molecular weight is 387 g/mol. The Morgan fingerprint density at radius 1 is 0.704 bits per heavy atom. The first-order chi connectivity index (χ1) is 13.3. The van der Waals surface area contributed by atoms with E-state index in [0.29, 0.717) is 6.79 Å². The van der Waals surface area contributed by atoms with Crippen LogP contribution in [0.25, 0.3) is 0 Å². The van der Waals surface area contributed by atoms with Crippen molar-refractivity contribution in [2.75, 3.05) is 27.1 Å². The van der Waals surface area contributed by atoms with E-state index < -0.39 is 0 Å². The second-order valence-corrected chi connectivity index (χ2v) is 7.23. The summed E-state index contributed by atoms with van der Waals surface area (Å²) < 4.78 is 22.0. The normalized spacial score (nSPS) is 11.7. The highest BCUT2D eigenvalue weighted by atomic mass is 16.7.